The zero-order chi connectivity index (χ0) is 5.11. The highest BCUT2D eigenvalue weighted by molar-refractivity contribution is 7.99. The Hall–Kier alpha value is 0.310. The van der Waals surface area contributed by atoms with Gasteiger partial charge >= 0.3 is 0 Å². The third-order valence-electron chi connectivity index (χ3n) is 1.28. The fourth-order valence-corrected chi connectivity index (χ4v) is 1.35. The molecule has 0 aromatic rings. The van der Waals surface area contributed by atoms with E-state index in [4.69, 9.17) is 0 Å². The van der Waals surface area contributed by atoms with Gasteiger partial charge in [-0.3, -0.25) is 0 Å². The van der Waals surface area contributed by atoms with Crippen molar-refractivity contribution in [3.63, 3.8) is 0 Å². The highest BCUT2D eigenvalue weighted by atomic mass is 32.2. The van der Waals surface area contributed by atoms with Crippen molar-refractivity contribution in [2.24, 2.45) is 0 Å². The summed E-state index contributed by atoms with van der Waals surface area (Å²) in [5.41, 5.74) is 0. The van der Waals surface area contributed by atoms with Gasteiger partial charge in [0.05, 0.1) is 0 Å². The Balaban J connectivity index is 2.14. The molecule has 0 saturated carbocycles. The van der Waals surface area contributed by atoms with Crippen molar-refractivity contribution in [2.45, 2.75) is 11.7 Å². The minimum absolute atomic E-state index is 0.847. The number of nitrogens with zero attached hydrogens (tertiary/aromatic N) is 1. The summed E-state index contributed by atoms with van der Waals surface area (Å²) in [4.78, 5) is 0. The Labute approximate surface area is 48.9 Å². The minimum Gasteiger partial charge on any atom is -0.241 e. The van der Waals surface area contributed by atoms with Crippen LogP contribution in [0.4, 0.5) is 0 Å². The van der Waals surface area contributed by atoms with Gasteiger partial charge in [-0.1, -0.05) is 0 Å². The van der Waals surface area contributed by atoms with Gasteiger partial charge in [-0.15, -0.1) is 0 Å². The second-order valence-electron chi connectivity index (χ2n) is 1.78. The van der Waals surface area contributed by atoms with Gasteiger partial charge in [-0.25, -0.2) is 5.32 Å². The van der Waals surface area contributed by atoms with Crippen LogP contribution in [-0.4, -0.2) is 24.6 Å². The molecule has 1 heterocycles. The standard InChI is InChI=1S/C5H10NS/c1-7-5-2-3-6-4-5/h5H,2-4H2,1H3/t5-/m1/s1. The van der Waals surface area contributed by atoms with Gasteiger partial charge in [0.1, 0.15) is 0 Å². The molecule has 1 aliphatic heterocycles. The Morgan fingerprint density at radius 1 is 1.71 bits per heavy atom. The van der Waals surface area contributed by atoms with Crippen molar-refractivity contribution in [1.29, 1.82) is 0 Å². The van der Waals surface area contributed by atoms with Crippen molar-refractivity contribution in [3.05, 3.63) is 0 Å². The largest absolute Gasteiger partial charge is 0.241 e. The molecule has 2 heteroatoms. The molecular weight excluding hydrogens is 106 g/mol. The molecule has 0 amide bonds. The second-order valence-corrected chi connectivity index (χ2v) is 2.91. The molecule has 1 radical (unpaired) electrons. The van der Waals surface area contributed by atoms with E-state index in [9.17, 15) is 0 Å². The summed E-state index contributed by atoms with van der Waals surface area (Å²) in [6.07, 6.45) is 3.46. The van der Waals surface area contributed by atoms with Crippen molar-refractivity contribution in [1.82, 2.24) is 5.32 Å². The van der Waals surface area contributed by atoms with Crippen LogP contribution in [0.15, 0.2) is 0 Å². The van der Waals surface area contributed by atoms with Crippen molar-refractivity contribution < 1.29 is 0 Å². The molecule has 1 aliphatic rings. The van der Waals surface area contributed by atoms with Crippen LogP contribution in [-0.2, 0) is 0 Å². The van der Waals surface area contributed by atoms with E-state index in [-0.39, 0.29) is 0 Å². The Morgan fingerprint density at radius 3 is 2.86 bits per heavy atom. The molecule has 1 nitrogen and oxygen atoms in total. The van der Waals surface area contributed by atoms with Gasteiger partial charge in [0, 0.05) is 18.3 Å². The van der Waals surface area contributed by atoms with Crippen LogP contribution < -0.4 is 5.32 Å². The van der Waals surface area contributed by atoms with Crippen molar-refractivity contribution in [2.75, 3.05) is 19.3 Å². The molecule has 0 spiro atoms. The molecule has 0 N–H and O–H groups in total. The molecule has 0 aliphatic carbocycles. The molecule has 7 heavy (non-hydrogen) atoms. The van der Waals surface area contributed by atoms with Crippen LogP contribution in [0.25, 0.3) is 0 Å². The highest BCUT2D eigenvalue weighted by Gasteiger charge is 2.12. The van der Waals surface area contributed by atoms with E-state index >= 15 is 0 Å². The lowest BCUT2D eigenvalue weighted by atomic mass is 10.4. The maximum absolute atomic E-state index is 4.21. The molecule has 41 valence electrons. The number of rotatable bonds is 1. The van der Waals surface area contributed by atoms with E-state index in [1.54, 1.807) is 0 Å². The first kappa shape index (κ1) is 5.45. The number of hydrogen-bond donors (Lipinski definition) is 0. The molecule has 0 bridgehead atoms. The topological polar surface area (TPSA) is 14.1 Å². The van der Waals surface area contributed by atoms with E-state index in [0.29, 0.717) is 0 Å². The summed E-state index contributed by atoms with van der Waals surface area (Å²) in [7, 11) is 0. The van der Waals surface area contributed by atoms with E-state index in [2.05, 4.69) is 11.6 Å². The van der Waals surface area contributed by atoms with E-state index < -0.39 is 0 Å². The van der Waals surface area contributed by atoms with Gasteiger partial charge < -0.3 is 0 Å². The fourth-order valence-electron chi connectivity index (χ4n) is 0.754. The monoisotopic (exact) mass is 116 g/mol. The Kier molecular flexibility index (Phi) is 2.00. The summed E-state index contributed by atoms with van der Waals surface area (Å²) in [6, 6.07) is 0. The normalized spacial score (nSPS) is 31.3. The molecule has 1 atom stereocenters. The number of thioether (sulfide) groups is 1. The predicted octanol–water partition coefficient (Wildman–Crippen LogP) is 0.726. The third kappa shape index (κ3) is 1.35. The second kappa shape index (κ2) is 2.58. The summed E-state index contributed by atoms with van der Waals surface area (Å²) in [5.74, 6) is 0. The number of hydrogen-bond acceptors (Lipinski definition) is 1. The van der Waals surface area contributed by atoms with Crippen LogP contribution in [0.2, 0.25) is 0 Å². The SMILES string of the molecule is CS[C@@H]1CC[N]C1. The molecule has 0 unspecified atom stereocenters. The van der Waals surface area contributed by atoms with Gasteiger partial charge in [0.25, 0.3) is 0 Å². The molecule has 0 aromatic heterocycles. The van der Waals surface area contributed by atoms with Crippen LogP contribution in [0.1, 0.15) is 6.42 Å². The van der Waals surface area contributed by atoms with Gasteiger partial charge in [-0.05, 0) is 12.7 Å². The van der Waals surface area contributed by atoms with Crippen LogP contribution in [0, 0.1) is 0 Å². The summed E-state index contributed by atoms with van der Waals surface area (Å²) in [5, 5.41) is 5.06. The first-order valence-electron chi connectivity index (χ1n) is 2.59. The molecule has 0 aromatic carbocycles. The van der Waals surface area contributed by atoms with Gasteiger partial charge in [0.2, 0.25) is 0 Å². The van der Waals surface area contributed by atoms with E-state index in [1.165, 1.54) is 6.42 Å². The zero-order valence-corrected chi connectivity index (χ0v) is 5.37. The average Bonchev–Trinajstić information content (AvgIpc) is 2.14. The summed E-state index contributed by atoms with van der Waals surface area (Å²) < 4.78 is 0. The summed E-state index contributed by atoms with van der Waals surface area (Å²) in [6.45, 7) is 2.20. The molecule has 1 fully saturated rings. The van der Waals surface area contributed by atoms with Crippen LogP contribution >= 0.6 is 11.8 Å². The maximum atomic E-state index is 4.21. The third-order valence-corrected chi connectivity index (χ3v) is 2.33. The Bertz CT molecular complexity index is 50.0. The van der Waals surface area contributed by atoms with Gasteiger partial charge in [0.15, 0.2) is 0 Å². The maximum Gasteiger partial charge on any atom is 0.0253 e. The lowest BCUT2D eigenvalue weighted by molar-refractivity contribution is 0.839. The highest BCUT2D eigenvalue weighted by Crippen LogP contribution is 2.13. The molecule has 1 rings (SSSR count). The predicted molar refractivity (Wildman–Crippen MR) is 33.8 cm³/mol. The molecule has 1 saturated heterocycles. The van der Waals surface area contributed by atoms with Crippen molar-refractivity contribution in [3.8, 4) is 0 Å². The fraction of sp³-hybridized carbons (Fsp3) is 1.00. The van der Waals surface area contributed by atoms with Crippen molar-refractivity contribution >= 4 is 11.8 Å². The van der Waals surface area contributed by atoms with Gasteiger partial charge in [-0.2, -0.15) is 11.8 Å². The smallest absolute Gasteiger partial charge is 0.0253 e. The first-order valence-corrected chi connectivity index (χ1v) is 3.88. The lowest BCUT2D eigenvalue weighted by Crippen LogP contribution is -2.02. The van der Waals surface area contributed by atoms with E-state index in [1.807, 2.05) is 11.8 Å². The van der Waals surface area contributed by atoms with Crippen LogP contribution in [0.5, 0.6) is 0 Å². The Morgan fingerprint density at radius 2 is 2.57 bits per heavy atom. The van der Waals surface area contributed by atoms with Crippen LogP contribution in [0.3, 0.4) is 0 Å². The molecular formula is C5H10NS. The summed E-state index contributed by atoms with van der Waals surface area (Å²) >= 11 is 1.94. The quantitative estimate of drug-likeness (QED) is 0.492. The average molecular weight is 116 g/mol. The lowest BCUT2D eigenvalue weighted by Gasteiger charge is -1.98. The zero-order valence-electron chi connectivity index (χ0n) is 4.55. The van der Waals surface area contributed by atoms with E-state index in [0.717, 1.165) is 18.3 Å². The first-order chi connectivity index (χ1) is 3.43. The minimum atomic E-state index is 0.847.